The summed E-state index contributed by atoms with van der Waals surface area (Å²) in [5.41, 5.74) is 5.19. The molecule has 0 spiro atoms. The number of hydrogen-bond donors (Lipinski definition) is 1. The van der Waals surface area contributed by atoms with Crippen LogP contribution in [-0.4, -0.2) is 19.2 Å². The van der Waals surface area contributed by atoms with Gasteiger partial charge in [0.25, 0.3) is 0 Å². The molecule has 7 heavy (non-hydrogen) atoms. The molecule has 0 heterocycles. The van der Waals surface area contributed by atoms with Crippen LogP contribution >= 0.6 is 0 Å². The van der Waals surface area contributed by atoms with Crippen molar-refractivity contribution in [1.29, 1.82) is 0 Å². The van der Waals surface area contributed by atoms with Gasteiger partial charge >= 0.3 is 0 Å². The maximum absolute atomic E-state index is 5.19. The minimum atomic E-state index is -0.162. The summed E-state index contributed by atoms with van der Waals surface area (Å²) in [4.78, 5) is 7.02. The van der Waals surface area contributed by atoms with Gasteiger partial charge in [0.2, 0.25) is 0 Å². The lowest BCUT2D eigenvalue weighted by Gasteiger charge is -1.89. The largest absolute Gasteiger partial charge is 0.310 e. The maximum atomic E-state index is 5.19. The molecule has 40 valence electrons. The zero-order valence-corrected chi connectivity index (χ0v) is 4.33. The molecule has 0 aliphatic heterocycles. The van der Waals surface area contributed by atoms with E-state index in [2.05, 4.69) is 16.7 Å². The Morgan fingerprint density at radius 1 is 1.86 bits per heavy atom. The third-order valence-corrected chi connectivity index (χ3v) is 0.383. The first-order chi connectivity index (χ1) is 3.27. The third-order valence-electron chi connectivity index (χ3n) is 0.383. The molecule has 0 aliphatic rings. The van der Waals surface area contributed by atoms with Crippen LogP contribution in [0.3, 0.4) is 0 Å². The van der Waals surface area contributed by atoms with Crippen molar-refractivity contribution in [3.05, 3.63) is 0 Å². The molecule has 0 fully saturated rings. The van der Waals surface area contributed by atoms with Gasteiger partial charge in [-0.3, -0.25) is 9.98 Å². The van der Waals surface area contributed by atoms with Crippen LogP contribution in [0.1, 0.15) is 6.92 Å². The van der Waals surface area contributed by atoms with Crippen LogP contribution < -0.4 is 5.73 Å². The van der Waals surface area contributed by atoms with E-state index in [0.29, 0.717) is 0 Å². The highest BCUT2D eigenvalue weighted by Gasteiger charge is 1.77. The van der Waals surface area contributed by atoms with Gasteiger partial charge in [-0.2, -0.15) is 0 Å². The number of aliphatic imine (C=N–C) groups is 2. The highest BCUT2D eigenvalue weighted by atomic mass is 15.0. The second-order valence-electron chi connectivity index (χ2n) is 1.19. The van der Waals surface area contributed by atoms with E-state index in [1.165, 1.54) is 6.34 Å². The Bertz CT molecular complexity index is 75.0. The third kappa shape index (κ3) is 5.30. The molecule has 1 unspecified atom stereocenters. The molecule has 0 saturated carbocycles. The van der Waals surface area contributed by atoms with Crippen molar-refractivity contribution < 1.29 is 0 Å². The average molecular weight is 99.1 g/mol. The second-order valence-corrected chi connectivity index (χ2v) is 1.19. The van der Waals surface area contributed by atoms with E-state index in [9.17, 15) is 0 Å². The molecular formula is C4H9N3. The van der Waals surface area contributed by atoms with Crippen LogP contribution in [0.2, 0.25) is 0 Å². The highest BCUT2D eigenvalue weighted by Crippen LogP contribution is 1.71. The average Bonchev–Trinajstić information content (AvgIpc) is 1.61. The summed E-state index contributed by atoms with van der Waals surface area (Å²) in [6, 6.07) is 0. The standard InChI is InChI=1S/C4H9N3/c1-4(5)7-3-6-2/h3-4H,2,5H2,1H3/b7-3-. The lowest BCUT2D eigenvalue weighted by molar-refractivity contribution is 0.796. The topological polar surface area (TPSA) is 50.7 Å². The maximum Gasteiger partial charge on any atom is 0.111 e. The minimum absolute atomic E-state index is 0.162. The van der Waals surface area contributed by atoms with Crippen LogP contribution in [0.25, 0.3) is 0 Å². The van der Waals surface area contributed by atoms with E-state index in [0.717, 1.165) is 0 Å². The lowest BCUT2D eigenvalue weighted by atomic mass is 10.6. The Morgan fingerprint density at radius 2 is 2.43 bits per heavy atom. The molecule has 0 aromatic rings. The second kappa shape index (κ2) is 3.49. The first-order valence-corrected chi connectivity index (χ1v) is 2.00. The molecule has 0 rings (SSSR count). The Hall–Kier alpha value is -0.700. The zero-order valence-electron chi connectivity index (χ0n) is 4.33. The summed E-state index contributed by atoms with van der Waals surface area (Å²) in [6.07, 6.45) is 1.18. The Balaban J connectivity index is 3.25. The number of rotatable bonds is 2. The van der Waals surface area contributed by atoms with Crippen molar-refractivity contribution in [3.63, 3.8) is 0 Å². The van der Waals surface area contributed by atoms with E-state index in [-0.39, 0.29) is 6.17 Å². The van der Waals surface area contributed by atoms with Crippen molar-refractivity contribution in [3.8, 4) is 0 Å². The number of hydrogen-bond acceptors (Lipinski definition) is 2. The fourth-order valence-corrected chi connectivity index (χ4v) is 0.152. The summed E-state index contributed by atoms with van der Waals surface area (Å²) in [6.45, 7) is 4.94. The molecule has 0 saturated heterocycles. The highest BCUT2D eigenvalue weighted by molar-refractivity contribution is 5.61. The van der Waals surface area contributed by atoms with E-state index in [1.807, 2.05) is 0 Å². The van der Waals surface area contributed by atoms with Gasteiger partial charge in [-0.25, -0.2) is 0 Å². The summed E-state index contributed by atoms with van der Waals surface area (Å²) < 4.78 is 0. The molecule has 1 atom stereocenters. The van der Waals surface area contributed by atoms with E-state index in [1.54, 1.807) is 6.92 Å². The minimum Gasteiger partial charge on any atom is -0.310 e. The summed E-state index contributed by atoms with van der Waals surface area (Å²) in [7, 11) is 0. The molecule has 0 aromatic heterocycles. The van der Waals surface area contributed by atoms with Crippen molar-refractivity contribution in [1.82, 2.24) is 0 Å². The van der Waals surface area contributed by atoms with E-state index < -0.39 is 0 Å². The van der Waals surface area contributed by atoms with Gasteiger partial charge in [0, 0.05) is 0 Å². The Kier molecular flexibility index (Phi) is 3.14. The van der Waals surface area contributed by atoms with Gasteiger partial charge in [-0.15, -0.1) is 0 Å². The quantitative estimate of drug-likeness (QED) is 0.385. The van der Waals surface area contributed by atoms with Crippen LogP contribution in [0.5, 0.6) is 0 Å². The normalized spacial score (nSPS) is 14.6. The molecule has 0 bridgehead atoms. The number of nitrogens with zero attached hydrogens (tertiary/aromatic N) is 2. The van der Waals surface area contributed by atoms with Crippen LogP contribution in [-0.2, 0) is 0 Å². The first kappa shape index (κ1) is 6.30. The van der Waals surface area contributed by atoms with Crippen LogP contribution in [0.4, 0.5) is 0 Å². The molecule has 3 heteroatoms. The molecule has 2 N–H and O–H groups in total. The van der Waals surface area contributed by atoms with E-state index >= 15 is 0 Å². The van der Waals surface area contributed by atoms with Gasteiger partial charge in [-0.05, 0) is 13.6 Å². The fraction of sp³-hybridized carbons (Fsp3) is 0.500. The molecule has 3 nitrogen and oxygen atoms in total. The van der Waals surface area contributed by atoms with Gasteiger partial charge in [0.1, 0.15) is 6.34 Å². The molecule has 0 aromatic carbocycles. The predicted molar refractivity (Wildman–Crippen MR) is 31.7 cm³/mol. The molecule has 0 aliphatic carbocycles. The van der Waals surface area contributed by atoms with Gasteiger partial charge in [0.05, 0.1) is 6.17 Å². The van der Waals surface area contributed by atoms with Crippen LogP contribution in [0.15, 0.2) is 9.98 Å². The van der Waals surface area contributed by atoms with Crippen molar-refractivity contribution in [2.24, 2.45) is 15.7 Å². The monoisotopic (exact) mass is 99.1 g/mol. The van der Waals surface area contributed by atoms with Gasteiger partial charge < -0.3 is 5.73 Å². The van der Waals surface area contributed by atoms with Gasteiger partial charge in [-0.1, -0.05) is 0 Å². The smallest absolute Gasteiger partial charge is 0.111 e. The van der Waals surface area contributed by atoms with Crippen LogP contribution in [0, 0.1) is 0 Å². The molecule has 0 amide bonds. The summed E-state index contributed by atoms with van der Waals surface area (Å²) >= 11 is 0. The number of nitrogens with two attached hydrogens (primary N) is 1. The fourth-order valence-electron chi connectivity index (χ4n) is 0.152. The van der Waals surface area contributed by atoms with E-state index in [4.69, 9.17) is 5.73 Å². The predicted octanol–water partition coefficient (Wildman–Crippen LogP) is 0.0200. The summed E-state index contributed by atoms with van der Waals surface area (Å²) in [5.74, 6) is 0. The zero-order chi connectivity index (χ0) is 5.70. The SMILES string of the molecule is C=N/C=N\C(C)N. The van der Waals surface area contributed by atoms with Crippen molar-refractivity contribution in [2.45, 2.75) is 13.1 Å². The van der Waals surface area contributed by atoms with Gasteiger partial charge in [0.15, 0.2) is 0 Å². The summed E-state index contributed by atoms with van der Waals surface area (Å²) in [5, 5.41) is 0. The van der Waals surface area contributed by atoms with Crippen molar-refractivity contribution >= 4 is 13.1 Å². The lowest BCUT2D eigenvalue weighted by Crippen LogP contribution is -2.10. The Labute approximate surface area is 43.0 Å². The molecular weight excluding hydrogens is 90.1 g/mol. The van der Waals surface area contributed by atoms with Crippen molar-refractivity contribution in [2.75, 3.05) is 0 Å². The molecule has 0 radical (unpaired) electrons. The first-order valence-electron chi connectivity index (χ1n) is 2.00. The Morgan fingerprint density at radius 3 is 2.57 bits per heavy atom.